The van der Waals surface area contributed by atoms with Crippen LogP contribution in [0.25, 0.3) is 22.3 Å². The highest BCUT2D eigenvalue weighted by molar-refractivity contribution is 5.90. The Hall–Kier alpha value is -5.24. The lowest BCUT2D eigenvalue weighted by molar-refractivity contribution is -0.0466. The smallest absolute Gasteiger partial charge is 0.412 e. The molecule has 1 aliphatic rings. The highest BCUT2D eigenvalue weighted by atomic mass is 16.7. The first-order valence-electron chi connectivity index (χ1n) is 12.9. The Morgan fingerprint density at radius 3 is 2.17 bits per heavy atom. The summed E-state index contributed by atoms with van der Waals surface area (Å²) in [6, 6.07) is 28.2. The van der Waals surface area contributed by atoms with E-state index in [9.17, 15) is 14.7 Å². The fraction of sp³-hybridized carbons (Fsp3) is 0.125. The number of phenolic OH excluding ortho intramolecular Hbond substituents is 1. The van der Waals surface area contributed by atoms with Crippen LogP contribution >= 0.6 is 0 Å². The third kappa shape index (κ3) is 4.39. The Morgan fingerprint density at radius 1 is 0.900 bits per heavy atom. The third-order valence-corrected chi connectivity index (χ3v) is 6.59. The fourth-order valence-electron chi connectivity index (χ4n) is 4.67. The van der Waals surface area contributed by atoms with E-state index in [2.05, 4.69) is 5.32 Å². The van der Waals surface area contributed by atoms with Gasteiger partial charge in [-0.05, 0) is 30.7 Å². The molecule has 40 heavy (non-hydrogen) atoms. The van der Waals surface area contributed by atoms with Crippen molar-refractivity contribution in [2.45, 2.75) is 19.1 Å². The molecule has 0 aliphatic carbocycles. The topological polar surface area (TPSA) is 107 Å². The van der Waals surface area contributed by atoms with Gasteiger partial charge in [-0.3, -0.25) is 4.79 Å². The molecule has 0 bridgehead atoms. The van der Waals surface area contributed by atoms with Gasteiger partial charge in [-0.25, -0.2) is 4.79 Å². The zero-order chi connectivity index (χ0) is 27.7. The quantitative estimate of drug-likeness (QED) is 0.261. The SMILES string of the molecule is CCCNC(=O)Oc1ccc(-c2cc(=O)c3c(O)c4c(cc3o2)OC(c2ccccc2)(c2ccccc2)O4)cc1. The molecular weight excluding hydrogens is 510 g/mol. The monoisotopic (exact) mass is 535 g/mol. The van der Waals surface area contributed by atoms with E-state index >= 15 is 0 Å². The van der Waals surface area contributed by atoms with Gasteiger partial charge in [-0.1, -0.05) is 67.6 Å². The van der Waals surface area contributed by atoms with Crippen LogP contribution in [0.4, 0.5) is 4.79 Å². The number of amides is 1. The molecule has 2 N–H and O–H groups in total. The van der Waals surface area contributed by atoms with Gasteiger partial charge in [0.05, 0.1) is 0 Å². The average molecular weight is 536 g/mol. The summed E-state index contributed by atoms with van der Waals surface area (Å²) >= 11 is 0. The van der Waals surface area contributed by atoms with Crippen LogP contribution in [0.2, 0.25) is 0 Å². The van der Waals surface area contributed by atoms with Crippen LogP contribution < -0.4 is 25.0 Å². The number of hydrogen-bond donors (Lipinski definition) is 2. The van der Waals surface area contributed by atoms with E-state index < -0.39 is 17.3 Å². The number of benzene rings is 4. The zero-order valence-corrected chi connectivity index (χ0v) is 21.5. The van der Waals surface area contributed by atoms with Gasteiger partial charge < -0.3 is 29.1 Å². The van der Waals surface area contributed by atoms with Gasteiger partial charge in [0.15, 0.2) is 16.9 Å². The number of hydrogen-bond acceptors (Lipinski definition) is 7. The Bertz CT molecular complexity index is 1710. The number of rotatable bonds is 6. The van der Waals surface area contributed by atoms with E-state index in [1.807, 2.05) is 67.6 Å². The summed E-state index contributed by atoms with van der Waals surface area (Å²) < 4.78 is 24.1. The molecule has 0 spiro atoms. The molecule has 8 heteroatoms. The van der Waals surface area contributed by atoms with Gasteiger partial charge in [-0.15, -0.1) is 0 Å². The summed E-state index contributed by atoms with van der Waals surface area (Å²) in [7, 11) is 0. The predicted molar refractivity (Wildman–Crippen MR) is 149 cm³/mol. The zero-order valence-electron chi connectivity index (χ0n) is 21.5. The lowest BCUT2D eigenvalue weighted by Crippen LogP contribution is -2.36. The summed E-state index contributed by atoms with van der Waals surface area (Å²) in [6.07, 6.45) is 0.255. The van der Waals surface area contributed by atoms with E-state index in [0.29, 0.717) is 29.0 Å². The highest BCUT2D eigenvalue weighted by Crippen LogP contribution is 2.53. The van der Waals surface area contributed by atoms with E-state index in [1.54, 1.807) is 30.3 Å². The maximum absolute atomic E-state index is 13.2. The van der Waals surface area contributed by atoms with Gasteiger partial charge in [0.25, 0.3) is 0 Å². The first-order valence-corrected chi connectivity index (χ1v) is 12.9. The number of carbonyl (C=O) groups is 1. The molecule has 200 valence electrons. The van der Waals surface area contributed by atoms with Crippen molar-refractivity contribution in [1.29, 1.82) is 0 Å². The number of nitrogens with one attached hydrogen (secondary N) is 1. The lowest BCUT2D eigenvalue weighted by atomic mass is 9.97. The van der Waals surface area contributed by atoms with Crippen molar-refractivity contribution in [3.8, 4) is 34.3 Å². The maximum Gasteiger partial charge on any atom is 0.412 e. The largest absolute Gasteiger partial charge is 0.504 e. The van der Waals surface area contributed by atoms with Crippen LogP contribution in [0, 0.1) is 0 Å². The van der Waals surface area contributed by atoms with Gasteiger partial charge >= 0.3 is 11.9 Å². The van der Waals surface area contributed by atoms with Crippen molar-refractivity contribution < 1.29 is 28.5 Å². The van der Waals surface area contributed by atoms with Gasteiger partial charge in [-0.2, -0.15) is 0 Å². The van der Waals surface area contributed by atoms with Crippen molar-refractivity contribution in [2.75, 3.05) is 6.54 Å². The number of aromatic hydroxyl groups is 1. The number of phenols is 1. The molecule has 5 aromatic rings. The second-order valence-electron chi connectivity index (χ2n) is 9.29. The van der Waals surface area contributed by atoms with Crippen LogP contribution in [0.5, 0.6) is 23.0 Å². The number of carbonyl (C=O) groups excluding carboxylic acids is 1. The Kier molecular flexibility index (Phi) is 6.36. The molecule has 4 aromatic carbocycles. The van der Waals surface area contributed by atoms with E-state index in [-0.39, 0.29) is 34.0 Å². The molecule has 1 amide bonds. The van der Waals surface area contributed by atoms with E-state index in [4.69, 9.17) is 18.6 Å². The summed E-state index contributed by atoms with van der Waals surface area (Å²) in [5, 5.41) is 13.8. The molecule has 1 aliphatic heterocycles. The molecule has 0 saturated heterocycles. The number of fused-ring (bicyclic) bond motifs is 2. The van der Waals surface area contributed by atoms with Gasteiger partial charge in [0, 0.05) is 35.4 Å². The van der Waals surface area contributed by atoms with E-state index in [1.165, 1.54) is 6.07 Å². The van der Waals surface area contributed by atoms with Crippen molar-refractivity contribution in [1.82, 2.24) is 5.32 Å². The van der Waals surface area contributed by atoms with Crippen molar-refractivity contribution >= 4 is 17.1 Å². The summed E-state index contributed by atoms with van der Waals surface area (Å²) in [4.78, 5) is 25.0. The van der Waals surface area contributed by atoms with Gasteiger partial charge in [0.2, 0.25) is 5.75 Å². The molecule has 1 aromatic heterocycles. The van der Waals surface area contributed by atoms with Crippen LogP contribution in [0.1, 0.15) is 24.5 Å². The lowest BCUT2D eigenvalue weighted by Gasteiger charge is -2.28. The summed E-state index contributed by atoms with van der Waals surface area (Å²) in [5.41, 5.74) is 1.70. The van der Waals surface area contributed by atoms with E-state index in [0.717, 1.165) is 6.42 Å². The van der Waals surface area contributed by atoms with Crippen molar-refractivity contribution in [3.63, 3.8) is 0 Å². The molecule has 0 radical (unpaired) electrons. The fourth-order valence-corrected chi connectivity index (χ4v) is 4.67. The Morgan fingerprint density at radius 2 is 1.55 bits per heavy atom. The second kappa shape index (κ2) is 10.1. The number of ether oxygens (including phenoxy) is 3. The normalized spacial score (nSPS) is 13.2. The van der Waals surface area contributed by atoms with Crippen LogP contribution in [-0.4, -0.2) is 17.7 Å². The average Bonchev–Trinajstić information content (AvgIpc) is 3.38. The van der Waals surface area contributed by atoms with Gasteiger partial charge in [0.1, 0.15) is 22.5 Å². The maximum atomic E-state index is 13.2. The molecule has 6 rings (SSSR count). The Labute approximate surface area is 229 Å². The molecule has 8 nitrogen and oxygen atoms in total. The molecule has 0 unspecified atom stereocenters. The predicted octanol–water partition coefficient (Wildman–Crippen LogP) is 6.34. The molecule has 2 heterocycles. The van der Waals surface area contributed by atoms with Crippen molar-refractivity contribution in [2.24, 2.45) is 0 Å². The molecular formula is C32H25NO7. The molecule has 0 fully saturated rings. The second-order valence-corrected chi connectivity index (χ2v) is 9.29. The summed E-state index contributed by atoms with van der Waals surface area (Å²) in [5.74, 6) is -0.814. The van der Waals surface area contributed by atoms with Crippen LogP contribution in [-0.2, 0) is 5.79 Å². The Balaban J connectivity index is 1.38. The molecule has 0 atom stereocenters. The standard InChI is InChI=1S/C32H25NO7/c1-2-17-33-31(36)37-23-15-13-20(14-16-23)25-18-24(34)28-26(38-25)19-27-30(29(28)35)40-32(39-27,21-9-5-3-6-10-21)22-11-7-4-8-12-22/h3-16,18-19,35H,2,17H2,1H3,(H,33,36). The van der Waals surface area contributed by atoms with Crippen molar-refractivity contribution in [3.05, 3.63) is 118 Å². The third-order valence-electron chi connectivity index (χ3n) is 6.59. The molecule has 0 saturated carbocycles. The minimum Gasteiger partial charge on any atom is -0.504 e. The first kappa shape index (κ1) is 25.1. The first-order chi connectivity index (χ1) is 19.5. The summed E-state index contributed by atoms with van der Waals surface area (Å²) in [6.45, 7) is 2.46. The van der Waals surface area contributed by atoms with Crippen LogP contribution in [0.15, 0.2) is 106 Å². The van der Waals surface area contributed by atoms with Crippen LogP contribution in [0.3, 0.4) is 0 Å². The minimum atomic E-state index is -1.37. The minimum absolute atomic E-state index is 0.0180. The highest BCUT2D eigenvalue weighted by Gasteiger charge is 2.47.